The Morgan fingerprint density at radius 2 is 1.75 bits per heavy atom. The molecule has 0 aromatic carbocycles. The maximum Gasteiger partial charge on any atom is 0.0526 e. The van der Waals surface area contributed by atoms with Gasteiger partial charge in [-0.05, 0) is 22.1 Å². The second-order valence-electron chi connectivity index (χ2n) is 1.91. The van der Waals surface area contributed by atoms with E-state index >= 15 is 0 Å². The molecule has 2 heteroatoms. The zero-order valence-electron chi connectivity index (χ0n) is 5.69. The maximum absolute atomic E-state index is 2.25. The molecule has 0 rings (SSSR count). The predicted molar refractivity (Wildman–Crippen MR) is 42.0 cm³/mol. The van der Waals surface area contributed by atoms with E-state index in [2.05, 4.69) is 16.2 Å². The van der Waals surface area contributed by atoms with E-state index in [4.69, 9.17) is 0 Å². The van der Waals surface area contributed by atoms with Crippen LogP contribution in [0.3, 0.4) is 0 Å². The van der Waals surface area contributed by atoms with E-state index in [1.54, 1.807) is 0 Å². The lowest BCUT2D eigenvalue weighted by Crippen LogP contribution is -1.73. The molecule has 0 amide bonds. The number of hydrogen-bond acceptors (Lipinski definition) is 1. The summed E-state index contributed by atoms with van der Waals surface area (Å²) in [5, 5.41) is 0. The van der Waals surface area contributed by atoms with Crippen molar-refractivity contribution < 1.29 is 5.48 Å². The van der Waals surface area contributed by atoms with E-state index < -0.39 is 0 Å². The highest BCUT2D eigenvalue weighted by atomic mass is 31.0. The van der Waals surface area contributed by atoms with Crippen LogP contribution in [0.1, 0.15) is 32.6 Å². The molecule has 1 atom stereocenters. The molecule has 1 unspecified atom stereocenters. The van der Waals surface area contributed by atoms with Crippen molar-refractivity contribution in [2.24, 2.45) is 0 Å². The highest BCUT2D eigenvalue weighted by Crippen LogP contribution is 2.00. The molecule has 1 nitrogen and oxygen atoms in total. The van der Waals surface area contributed by atoms with E-state index in [-0.39, 0.29) is 5.48 Å². The van der Waals surface area contributed by atoms with Gasteiger partial charge in [-0.2, -0.15) is 0 Å². The molecule has 0 bridgehead atoms. The van der Waals surface area contributed by atoms with Crippen LogP contribution in [0.4, 0.5) is 0 Å². The molecular formula is C6H17OP. The quantitative estimate of drug-likeness (QED) is 0.429. The standard InChI is InChI=1S/C6H15P.H2O/c1-2-3-4-5-6-7;/h2-7H2,1H3;1H2. The second-order valence-corrected chi connectivity index (χ2v) is 2.62. The Bertz CT molecular complexity index is 27.7. The first-order valence-electron chi connectivity index (χ1n) is 3.21. The van der Waals surface area contributed by atoms with E-state index in [0.29, 0.717) is 0 Å². The fraction of sp³-hybridized carbons (Fsp3) is 1.00. The van der Waals surface area contributed by atoms with E-state index in [1.807, 2.05) is 0 Å². The topological polar surface area (TPSA) is 30.0 Å². The van der Waals surface area contributed by atoms with Gasteiger partial charge in [0, 0.05) is 0 Å². The average molecular weight is 136 g/mol. The molecule has 0 saturated heterocycles. The largest absolute Gasteiger partial charge is 0.870 e. The van der Waals surface area contributed by atoms with Crippen molar-refractivity contribution in [3.63, 3.8) is 0 Å². The molecule has 52 valence electrons. The lowest BCUT2D eigenvalue weighted by atomic mass is 10.2. The Kier molecular flexibility index (Phi) is 14.6. The Morgan fingerprint density at radius 3 is 2.12 bits per heavy atom. The van der Waals surface area contributed by atoms with Gasteiger partial charge in [0.15, 0.2) is 0 Å². The van der Waals surface area contributed by atoms with Crippen molar-refractivity contribution >= 4 is 9.24 Å². The fourth-order valence-corrected chi connectivity index (χ4v) is 0.957. The third-order valence-electron chi connectivity index (χ3n) is 1.10. The van der Waals surface area contributed by atoms with Crippen LogP contribution in [0.2, 0.25) is 0 Å². The Labute approximate surface area is 54.4 Å². The van der Waals surface area contributed by atoms with E-state index in [1.165, 1.54) is 31.8 Å². The third-order valence-corrected chi connectivity index (χ3v) is 1.60. The van der Waals surface area contributed by atoms with Crippen LogP contribution < -0.4 is 0 Å². The number of unbranched alkanes of at least 4 members (excludes halogenated alkanes) is 3. The smallest absolute Gasteiger partial charge is 0.0526 e. The summed E-state index contributed by atoms with van der Waals surface area (Å²) >= 11 is 0. The molecule has 0 heterocycles. The summed E-state index contributed by atoms with van der Waals surface area (Å²) < 4.78 is 0. The molecule has 0 aliphatic heterocycles. The summed E-state index contributed by atoms with van der Waals surface area (Å²) in [5.41, 5.74) is 0. The van der Waals surface area contributed by atoms with Gasteiger partial charge in [-0.15, -0.1) is 0 Å². The molecule has 0 saturated carbocycles. The van der Waals surface area contributed by atoms with Gasteiger partial charge in [0.1, 0.15) is 0 Å². The van der Waals surface area contributed by atoms with Gasteiger partial charge in [0.05, 0.1) is 6.16 Å². The van der Waals surface area contributed by atoms with Crippen molar-refractivity contribution in [3.8, 4) is 0 Å². The molecule has 1 N–H and O–H groups in total. The Balaban J connectivity index is 0. The van der Waals surface area contributed by atoms with Gasteiger partial charge in [0.25, 0.3) is 0 Å². The van der Waals surface area contributed by atoms with Crippen LogP contribution in [0.5, 0.6) is 0 Å². The number of hydrogen-bond donors (Lipinski definition) is 0. The van der Waals surface area contributed by atoms with Crippen LogP contribution in [0.25, 0.3) is 0 Å². The lowest BCUT2D eigenvalue weighted by Gasteiger charge is -1.88. The Morgan fingerprint density at radius 1 is 1.12 bits per heavy atom. The van der Waals surface area contributed by atoms with Crippen LogP contribution in [-0.2, 0) is 0 Å². The first kappa shape index (κ1) is 11.2. The molecule has 0 spiro atoms. The fourth-order valence-electron chi connectivity index (χ4n) is 0.604. The molecule has 0 aliphatic carbocycles. The van der Waals surface area contributed by atoms with Crippen molar-refractivity contribution in [1.82, 2.24) is 0 Å². The summed E-state index contributed by atoms with van der Waals surface area (Å²) in [5.74, 6) is 0. The van der Waals surface area contributed by atoms with Gasteiger partial charge in [0.2, 0.25) is 0 Å². The summed E-state index contributed by atoms with van der Waals surface area (Å²) in [6, 6.07) is 0. The van der Waals surface area contributed by atoms with Gasteiger partial charge in [-0.1, -0.05) is 19.8 Å². The van der Waals surface area contributed by atoms with Crippen molar-refractivity contribution in [2.45, 2.75) is 32.6 Å². The van der Waals surface area contributed by atoms with Gasteiger partial charge < -0.3 is 5.48 Å². The highest BCUT2D eigenvalue weighted by molar-refractivity contribution is 7.16. The average Bonchev–Trinajstić information content (AvgIpc) is 1.69. The van der Waals surface area contributed by atoms with E-state index in [9.17, 15) is 0 Å². The summed E-state index contributed by atoms with van der Waals surface area (Å²) in [6.45, 7) is 2.25. The second kappa shape index (κ2) is 10.4. The van der Waals surface area contributed by atoms with Gasteiger partial charge in [-0.25, -0.2) is 0 Å². The summed E-state index contributed by atoms with van der Waals surface area (Å²) in [7, 11) is 2.08. The minimum Gasteiger partial charge on any atom is -0.870 e. The van der Waals surface area contributed by atoms with Gasteiger partial charge >= 0.3 is 0 Å². The van der Waals surface area contributed by atoms with Crippen molar-refractivity contribution in [2.75, 3.05) is 6.16 Å². The molecule has 0 aliphatic rings. The van der Waals surface area contributed by atoms with Crippen LogP contribution >= 0.6 is 9.24 Å². The van der Waals surface area contributed by atoms with Crippen molar-refractivity contribution in [3.05, 3.63) is 0 Å². The molecule has 0 radical (unpaired) electrons. The van der Waals surface area contributed by atoms with Crippen LogP contribution in [0, 0.1) is 0 Å². The van der Waals surface area contributed by atoms with Gasteiger partial charge in [-0.3, -0.25) is 0 Å². The molecule has 8 heavy (non-hydrogen) atoms. The highest BCUT2D eigenvalue weighted by Gasteiger charge is 1.82. The zero-order chi connectivity index (χ0) is 5.54. The van der Waals surface area contributed by atoms with Crippen molar-refractivity contribution in [1.29, 1.82) is 0 Å². The minimum atomic E-state index is 0. The molecular weight excluding hydrogens is 119 g/mol. The monoisotopic (exact) mass is 136 g/mol. The zero-order valence-corrected chi connectivity index (χ0v) is 7.10. The lowest BCUT2D eigenvalue weighted by molar-refractivity contribution is 0.706. The van der Waals surface area contributed by atoms with E-state index in [0.717, 1.165) is 0 Å². The maximum atomic E-state index is 2.25. The van der Waals surface area contributed by atoms with Crippen LogP contribution in [0.15, 0.2) is 0 Å². The molecule has 0 aromatic rings. The third kappa shape index (κ3) is 9.63. The predicted octanol–water partition coefficient (Wildman–Crippen LogP) is 2.00. The number of rotatable bonds is 4. The summed E-state index contributed by atoms with van der Waals surface area (Å²) in [6.07, 6.45) is 7.06. The first-order valence-corrected chi connectivity index (χ1v) is 4.21. The first-order chi connectivity index (χ1) is 3.41. The normalized spacial score (nSPS) is 8.62. The molecule has 0 aromatic heterocycles. The minimum absolute atomic E-state index is 0. The summed E-state index contributed by atoms with van der Waals surface area (Å²) in [4.78, 5) is 0. The molecule has 0 fully saturated rings. The van der Waals surface area contributed by atoms with Crippen LogP contribution in [-0.4, -0.2) is 11.6 Å². The Hall–Kier alpha value is 0.390. The SMILES string of the molecule is CCCCCC[PH3+].[OH-].